The normalized spacial score (nSPS) is 20.9. The smallest absolute Gasteiger partial charge is 0.255 e. The number of hydrogen-bond acceptors (Lipinski definition) is 6. The molecule has 0 unspecified atom stereocenters. The van der Waals surface area contributed by atoms with Crippen LogP contribution in [0.25, 0.3) is 11.1 Å². The predicted octanol–water partition coefficient (Wildman–Crippen LogP) is 5.82. The molecule has 3 heterocycles. The molecule has 3 fully saturated rings. The lowest BCUT2D eigenvalue weighted by Crippen LogP contribution is -2.45. The Morgan fingerprint density at radius 1 is 0.889 bits per heavy atom. The molecule has 2 aliphatic heterocycles. The Morgan fingerprint density at radius 2 is 1.64 bits per heavy atom. The van der Waals surface area contributed by atoms with E-state index in [-0.39, 0.29) is 29.8 Å². The third-order valence-corrected chi connectivity index (χ3v) is 10.2. The summed E-state index contributed by atoms with van der Waals surface area (Å²) in [6.45, 7) is 10.7. The molecule has 0 radical (unpaired) electrons. The van der Waals surface area contributed by atoms with Crippen molar-refractivity contribution < 1.29 is 14.3 Å². The summed E-state index contributed by atoms with van der Waals surface area (Å²) < 4.78 is 6.29. The Bertz CT molecular complexity index is 1540. The van der Waals surface area contributed by atoms with E-state index in [4.69, 9.17) is 10.5 Å². The van der Waals surface area contributed by atoms with E-state index >= 15 is 0 Å². The first kappa shape index (κ1) is 31.2. The lowest BCUT2D eigenvalue weighted by molar-refractivity contribution is 0.0272. The van der Waals surface area contributed by atoms with Crippen LogP contribution in [0.5, 0.6) is 0 Å². The predicted molar refractivity (Wildman–Crippen MR) is 178 cm³/mol. The first-order chi connectivity index (χ1) is 21.8. The minimum Gasteiger partial charge on any atom is -0.383 e. The van der Waals surface area contributed by atoms with Gasteiger partial charge in [-0.15, -0.1) is 0 Å². The van der Waals surface area contributed by atoms with Crippen molar-refractivity contribution in [1.82, 2.24) is 20.1 Å². The molecule has 8 nitrogen and oxygen atoms in total. The van der Waals surface area contributed by atoms with Gasteiger partial charge in [0.25, 0.3) is 11.8 Å². The highest BCUT2D eigenvalue weighted by Gasteiger charge is 2.31. The van der Waals surface area contributed by atoms with Gasteiger partial charge in [0.05, 0.1) is 24.3 Å². The van der Waals surface area contributed by atoms with Crippen molar-refractivity contribution in [2.45, 2.75) is 90.5 Å². The number of anilines is 1. The number of ether oxygens (including phenoxy) is 1. The highest BCUT2D eigenvalue weighted by atomic mass is 16.5. The fourth-order valence-corrected chi connectivity index (χ4v) is 7.23. The van der Waals surface area contributed by atoms with Crippen LogP contribution in [0.3, 0.4) is 0 Å². The van der Waals surface area contributed by atoms with Crippen LogP contribution < -0.4 is 11.1 Å². The molecule has 3 N–H and O–H groups in total. The van der Waals surface area contributed by atoms with Crippen LogP contribution in [0, 0.1) is 20.8 Å². The Hall–Kier alpha value is -3.75. The second-order valence-electron chi connectivity index (χ2n) is 13.2. The number of aromatic nitrogens is 1. The quantitative estimate of drug-likeness (QED) is 0.334. The van der Waals surface area contributed by atoms with Crippen LogP contribution in [0.4, 0.5) is 5.82 Å². The van der Waals surface area contributed by atoms with Crippen molar-refractivity contribution in [2.24, 2.45) is 0 Å². The minimum absolute atomic E-state index is 0.0571. The number of carbonyl (C=O) groups excluding carboxylic acids is 2. The first-order valence-electron chi connectivity index (χ1n) is 16.7. The zero-order valence-electron chi connectivity index (χ0n) is 27.0. The maximum atomic E-state index is 13.6. The van der Waals surface area contributed by atoms with Crippen LogP contribution in [0.2, 0.25) is 0 Å². The number of nitrogens with one attached hydrogen (secondary N) is 1. The maximum Gasteiger partial charge on any atom is 0.255 e. The van der Waals surface area contributed by atoms with Crippen molar-refractivity contribution in [2.75, 3.05) is 31.9 Å². The van der Waals surface area contributed by atoms with Gasteiger partial charge >= 0.3 is 0 Å². The second kappa shape index (κ2) is 13.7. The zero-order chi connectivity index (χ0) is 31.5. The van der Waals surface area contributed by atoms with Crippen LogP contribution in [-0.4, -0.2) is 71.0 Å². The number of carbonyl (C=O) groups is 2. The highest BCUT2D eigenvalue weighted by Crippen LogP contribution is 2.29. The Kier molecular flexibility index (Phi) is 9.52. The Balaban J connectivity index is 1.12. The summed E-state index contributed by atoms with van der Waals surface area (Å²) in [4.78, 5) is 36.1. The SMILES string of the molecule is Cc1ccc(CO[C@H]2CCC[C@@H]2NC(=O)c2cc(-c3cc(C(=O)N4CCC(N5CCCC5)CC4)ccc3C)cnc2N)cc1C. The molecule has 3 aliphatic rings. The summed E-state index contributed by atoms with van der Waals surface area (Å²) >= 11 is 0. The van der Waals surface area contributed by atoms with E-state index in [1.807, 2.05) is 30.0 Å². The van der Waals surface area contributed by atoms with Gasteiger partial charge in [0.1, 0.15) is 5.82 Å². The molecule has 8 heteroatoms. The maximum absolute atomic E-state index is 13.6. The van der Waals surface area contributed by atoms with E-state index in [1.54, 1.807) is 12.3 Å². The average molecular weight is 610 g/mol. The van der Waals surface area contributed by atoms with Crippen molar-refractivity contribution in [3.05, 3.63) is 82.0 Å². The molecule has 2 amide bonds. The number of aryl methyl sites for hydroxylation is 3. The molecule has 0 bridgehead atoms. The number of piperidine rings is 1. The summed E-state index contributed by atoms with van der Waals surface area (Å²) in [7, 11) is 0. The summed E-state index contributed by atoms with van der Waals surface area (Å²) in [5.41, 5.74) is 13.5. The standard InChI is InChI=1S/C37H47N5O3/c1-24-9-11-27(19-26(24)3)23-45-34-8-6-7-33(34)40-36(43)32-21-29(22-39-35(32)38)31-20-28(12-10-25(31)2)37(44)42-17-13-30(14-18-42)41-15-4-5-16-41/h9-12,19-22,30,33-34H,4-8,13-18,23H2,1-3H3,(H2,38,39)(H,40,43)/t33-,34-/m0/s1. The van der Waals surface area contributed by atoms with E-state index in [9.17, 15) is 9.59 Å². The molecule has 3 aromatic rings. The van der Waals surface area contributed by atoms with E-state index in [0.29, 0.717) is 23.8 Å². The summed E-state index contributed by atoms with van der Waals surface area (Å²) in [6, 6.07) is 14.5. The van der Waals surface area contributed by atoms with Gasteiger partial charge in [-0.1, -0.05) is 24.3 Å². The van der Waals surface area contributed by atoms with Crippen LogP contribution >= 0.6 is 0 Å². The number of pyridine rings is 1. The lowest BCUT2D eigenvalue weighted by atomic mass is 9.96. The molecule has 2 atom stereocenters. The van der Waals surface area contributed by atoms with Crippen molar-refractivity contribution in [3.63, 3.8) is 0 Å². The molecular weight excluding hydrogens is 562 g/mol. The molecule has 0 spiro atoms. The number of nitrogen functional groups attached to an aromatic ring is 1. The molecule has 6 rings (SSSR count). The van der Waals surface area contributed by atoms with Crippen LogP contribution in [0.1, 0.15) is 87.9 Å². The number of benzene rings is 2. The van der Waals surface area contributed by atoms with Crippen LogP contribution in [0.15, 0.2) is 48.7 Å². The molecule has 2 aromatic carbocycles. The van der Waals surface area contributed by atoms with E-state index < -0.39 is 0 Å². The first-order valence-corrected chi connectivity index (χ1v) is 16.7. The number of hydrogen-bond donors (Lipinski definition) is 2. The van der Waals surface area contributed by atoms with E-state index in [2.05, 4.69) is 47.2 Å². The zero-order valence-corrected chi connectivity index (χ0v) is 27.0. The third-order valence-electron chi connectivity index (χ3n) is 10.2. The van der Waals surface area contributed by atoms with Gasteiger partial charge in [0.15, 0.2) is 0 Å². The molecule has 45 heavy (non-hydrogen) atoms. The van der Waals surface area contributed by atoms with E-state index in [1.165, 1.54) is 37.1 Å². The molecular formula is C37H47N5O3. The second-order valence-corrected chi connectivity index (χ2v) is 13.2. The van der Waals surface area contributed by atoms with Gasteiger partial charge in [0.2, 0.25) is 0 Å². The topological polar surface area (TPSA) is 101 Å². The van der Waals surface area contributed by atoms with Gasteiger partial charge in [0, 0.05) is 36.5 Å². The molecule has 2 saturated heterocycles. The molecule has 1 saturated carbocycles. The fraction of sp³-hybridized carbons (Fsp3) is 0.486. The number of amides is 2. The highest BCUT2D eigenvalue weighted by molar-refractivity contribution is 6.00. The number of likely N-dealkylation sites (tertiary alicyclic amines) is 2. The van der Waals surface area contributed by atoms with E-state index in [0.717, 1.165) is 67.4 Å². The fourth-order valence-electron chi connectivity index (χ4n) is 7.23. The van der Waals surface area contributed by atoms with Crippen molar-refractivity contribution in [1.29, 1.82) is 0 Å². The molecule has 238 valence electrons. The largest absolute Gasteiger partial charge is 0.383 e. The van der Waals surface area contributed by atoms with Gasteiger partial charge in [-0.25, -0.2) is 4.98 Å². The van der Waals surface area contributed by atoms with Crippen LogP contribution in [-0.2, 0) is 11.3 Å². The molecule has 1 aliphatic carbocycles. The summed E-state index contributed by atoms with van der Waals surface area (Å²) in [5, 5.41) is 3.18. The van der Waals surface area contributed by atoms with Crippen molar-refractivity contribution in [3.8, 4) is 11.1 Å². The lowest BCUT2D eigenvalue weighted by Gasteiger charge is -2.36. The van der Waals surface area contributed by atoms with Gasteiger partial charge in [-0.2, -0.15) is 0 Å². The summed E-state index contributed by atoms with van der Waals surface area (Å²) in [6.07, 6.45) is 9.03. The number of rotatable bonds is 8. The van der Waals surface area contributed by atoms with Gasteiger partial charge < -0.3 is 25.6 Å². The average Bonchev–Trinajstić information content (AvgIpc) is 3.75. The third kappa shape index (κ3) is 7.07. The van der Waals surface area contributed by atoms with Gasteiger partial charge in [-0.05, 0) is 125 Å². The minimum atomic E-state index is -0.251. The number of nitrogens with two attached hydrogens (primary N) is 1. The van der Waals surface area contributed by atoms with Crippen molar-refractivity contribution >= 4 is 17.6 Å². The number of nitrogens with zero attached hydrogens (tertiary/aromatic N) is 3. The monoisotopic (exact) mass is 609 g/mol. The van der Waals surface area contributed by atoms with Gasteiger partial charge in [-0.3, -0.25) is 9.59 Å². The Morgan fingerprint density at radius 3 is 2.40 bits per heavy atom. The summed E-state index contributed by atoms with van der Waals surface area (Å²) in [5.74, 6) is -0.00235. The molecule has 1 aromatic heterocycles. The Labute approximate surface area is 267 Å².